The number of hydrogen-bond donors (Lipinski definition) is 0. The number of carbonyl (C=O) groups excluding carboxylic acids is 2. The molecule has 0 radical (unpaired) electrons. The molecule has 0 spiro atoms. The number of nitrogens with zero attached hydrogens (tertiary/aromatic N) is 2. The lowest BCUT2D eigenvalue weighted by atomic mass is 10.0. The average molecular weight is 304 g/mol. The molecule has 5 heteroatoms. The number of esters is 1. The second-order valence-electron chi connectivity index (χ2n) is 5.94. The first kappa shape index (κ1) is 16.3. The minimum Gasteiger partial charge on any atom is -0.469 e. The van der Waals surface area contributed by atoms with Gasteiger partial charge in [0.2, 0.25) is 5.91 Å². The van der Waals surface area contributed by atoms with Crippen LogP contribution in [0.5, 0.6) is 0 Å². The average Bonchev–Trinajstić information content (AvgIpc) is 2.64. The lowest BCUT2D eigenvalue weighted by Gasteiger charge is -2.30. The van der Waals surface area contributed by atoms with Crippen LogP contribution in [0.3, 0.4) is 0 Å². The van der Waals surface area contributed by atoms with Crippen molar-refractivity contribution in [2.24, 2.45) is 5.92 Å². The van der Waals surface area contributed by atoms with Gasteiger partial charge in [0.1, 0.15) is 0 Å². The van der Waals surface area contributed by atoms with Crippen LogP contribution in [0.1, 0.15) is 26.7 Å². The molecule has 0 unspecified atom stereocenters. The molecule has 0 aliphatic carbocycles. The molecule has 0 saturated carbocycles. The highest BCUT2D eigenvalue weighted by molar-refractivity contribution is 6.00. The van der Waals surface area contributed by atoms with Gasteiger partial charge in [0.05, 0.1) is 24.9 Å². The minimum absolute atomic E-state index is 0.0272. The van der Waals surface area contributed by atoms with Gasteiger partial charge in [-0.1, -0.05) is 19.1 Å². The third-order valence-electron chi connectivity index (χ3n) is 4.24. The largest absolute Gasteiger partial charge is 0.469 e. The van der Waals surface area contributed by atoms with Crippen molar-refractivity contribution in [2.75, 3.05) is 30.5 Å². The van der Waals surface area contributed by atoms with E-state index in [0.29, 0.717) is 0 Å². The van der Waals surface area contributed by atoms with E-state index in [4.69, 9.17) is 0 Å². The zero-order valence-electron chi connectivity index (χ0n) is 13.7. The Morgan fingerprint density at radius 2 is 1.95 bits per heavy atom. The molecule has 120 valence electrons. The molecule has 22 heavy (non-hydrogen) atoms. The van der Waals surface area contributed by atoms with Gasteiger partial charge in [0.15, 0.2) is 0 Å². The molecule has 1 aliphatic rings. The van der Waals surface area contributed by atoms with Crippen molar-refractivity contribution in [1.29, 1.82) is 0 Å². The van der Waals surface area contributed by atoms with Crippen LogP contribution < -0.4 is 9.80 Å². The highest BCUT2D eigenvalue weighted by Crippen LogP contribution is 2.34. The van der Waals surface area contributed by atoms with Gasteiger partial charge in [0, 0.05) is 25.6 Å². The lowest BCUT2D eigenvalue weighted by Crippen LogP contribution is -2.42. The first-order valence-corrected chi connectivity index (χ1v) is 7.65. The zero-order valence-corrected chi connectivity index (χ0v) is 13.7. The standard InChI is InChI=1S/C17H24N2O3/c1-12(11-16(20)22-4)17(21)19-13(2)9-10-18(3)14-7-5-6-8-15(14)19/h5-8,12-13H,9-11H2,1-4H3/t12-,13+/m0/s1. The molecule has 1 heterocycles. The number of rotatable bonds is 3. The monoisotopic (exact) mass is 304 g/mol. The second kappa shape index (κ2) is 6.81. The topological polar surface area (TPSA) is 49.9 Å². The predicted octanol–water partition coefficient (Wildman–Crippen LogP) is 2.45. The van der Waals surface area contributed by atoms with Gasteiger partial charge in [0.25, 0.3) is 0 Å². The number of ether oxygens (including phenoxy) is 1. The Bertz CT molecular complexity index is 559. The van der Waals surface area contributed by atoms with E-state index in [-0.39, 0.29) is 24.3 Å². The maximum Gasteiger partial charge on any atom is 0.306 e. The number of benzene rings is 1. The molecule has 2 rings (SSSR count). The summed E-state index contributed by atoms with van der Waals surface area (Å²) in [4.78, 5) is 28.3. The summed E-state index contributed by atoms with van der Waals surface area (Å²) in [5, 5.41) is 0. The Morgan fingerprint density at radius 3 is 2.59 bits per heavy atom. The molecule has 0 saturated heterocycles. The summed E-state index contributed by atoms with van der Waals surface area (Å²) in [5.41, 5.74) is 1.96. The van der Waals surface area contributed by atoms with Crippen molar-refractivity contribution in [3.8, 4) is 0 Å². The Morgan fingerprint density at radius 1 is 1.32 bits per heavy atom. The zero-order chi connectivity index (χ0) is 16.3. The normalized spacial score (nSPS) is 19.2. The third-order valence-corrected chi connectivity index (χ3v) is 4.24. The fraction of sp³-hybridized carbons (Fsp3) is 0.529. The van der Waals surface area contributed by atoms with Crippen molar-refractivity contribution in [1.82, 2.24) is 0 Å². The van der Waals surface area contributed by atoms with E-state index in [1.165, 1.54) is 7.11 Å². The van der Waals surface area contributed by atoms with Gasteiger partial charge < -0.3 is 14.5 Å². The molecular formula is C17H24N2O3. The van der Waals surface area contributed by atoms with Gasteiger partial charge in [-0.3, -0.25) is 9.59 Å². The molecule has 1 aromatic rings. The summed E-state index contributed by atoms with van der Waals surface area (Å²) >= 11 is 0. The number of anilines is 2. The van der Waals surface area contributed by atoms with E-state index in [1.54, 1.807) is 6.92 Å². The summed E-state index contributed by atoms with van der Waals surface area (Å²) in [7, 11) is 3.38. The van der Waals surface area contributed by atoms with Crippen LogP contribution in [0, 0.1) is 5.92 Å². The number of fused-ring (bicyclic) bond motifs is 1. The highest BCUT2D eigenvalue weighted by Gasteiger charge is 2.31. The van der Waals surface area contributed by atoms with Crippen molar-refractivity contribution < 1.29 is 14.3 Å². The third kappa shape index (κ3) is 3.24. The maximum absolute atomic E-state index is 12.9. The van der Waals surface area contributed by atoms with E-state index in [9.17, 15) is 9.59 Å². The number of hydrogen-bond acceptors (Lipinski definition) is 4. The highest BCUT2D eigenvalue weighted by atomic mass is 16.5. The van der Waals surface area contributed by atoms with Crippen LogP contribution in [0.15, 0.2) is 24.3 Å². The first-order chi connectivity index (χ1) is 10.5. The Balaban J connectivity index is 2.33. The molecular weight excluding hydrogens is 280 g/mol. The summed E-state index contributed by atoms with van der Waals surface area (Å²) in [5.74, 6) is -0.777. The molecule has 2 atom stereocenters. The van der Waals surface area contributed by atoms with E-state index >= 15 is 0 Å². The van der Waals surface area contributed by atoms with Crippen LogP contribution in [-0.4, -0.2) is 38.6 Å². The Hall–Kier alpha value is -2.04. The van der Waals surface area contributed by atoms with Crippen LogP contribution in [-0.2, 0) is 14.3 Å². The predicted molar refractivity (Wildman–Crippen MR) is 87.1 cm³/mol. The van der Waals surface area contributed by atoms with Crippen molar-refractivity contribution in [3.05, 3.63) is 24.3 Å². The maximum atomic E-state index is 12.9. The molecule has 0 aromatic heterocycles. The smallest absolute Gasteiger partial charge is 0.306 e. The lowest BCUT2D eigenvalue weighted by molar-refractivity contribution is -0.143. The minimum atomic E-state index is -0.397. The van der Waals surface area contributed by atoms with Crippen molar-refractivity contribution in [3.63, 3.8) is 0 Å². The molecule has 1 aliphatic heterocycles. The number of carbonyl (C=O) groups is 2. The SMILES string of the molecule is COC(=O)C[C@H](C)C(=O)N1c2ccccc2N(C)CC[C@H]1C. The quantitative estimate of drug-likeness (QED) is 0.805. The molecule has 0 fully saturated rings. The van der Waals surface area contributed by atoms with Crippen LogP contribution in [0.2, 0.25) is 0 Å². The second-order valence-corrected chi connectivity index (χ2v) is 5.94. The van der Waals surface area contributed by atoms with Gasteiger partial charge in [-0.15, -0.1) is 0 Å². The van der Waals surface area contributed by atoms with Crippen LogP contribution in [0.4, 0.5) is 11.4 Å². The molecule has 5 nitrogen and oxygen atoms in total. The van der Waals surface area contributed by atoms with Crippen molar-refractivity contribution >= 4 is 23.3 Å². The molecule has 0 bridgehead atoms. The molecule has 1 aromatic carbocycles. The van der Waals surface area contributed by atoms with E-state index in [1.807, 2.05) is 36.2 Å². The fourth-order valence-corrected chi connectivity index (χ4v) is 2.85. The van der Waals surface area contributed by atoms with Gasteiger partial charge in [-0.05, 0) is 25.5 Å². The Labute approximate surface area is 131 Å². The molecule has 1 amide bonds. The van der Waals surface area contributed by atoms with Crippen LogP contribution >= 0.6 is 0 Å². The number of methoxy groups -OCH3 is 1. The summed E-state index contributed by atoms with van der Waals surface area (Å²) in [6.07, 6.45) is 0.998. The van der Waals surface area contributed by atoms with Crippen molar-refractivity contribution in [2.45, 2.75) is 32.7 Å². The summed E-state index contributed by atoms with van der Waals surface area (Å²) in [6, 6.07) is 8.01. The van der Waals surface area contributed by atoms with Gasteiger partial charge in [-0.2, -0.15) is 0 Å². The molecule has 0 N–H and O–H groups in total. The number of amides is 1. The number of para-hydroxylation sites is 2. The van der Waals surface area contributed by atoms with Gasteiger partial charge >= 0.3 is 5.97 Å². The van der Waals surface area contributed by atoms with Gasteiger partial charge in [-0.25, -0.2) is 0 Å². The van der Waals surface area contributed by atoms with E-state index in [2.05, 4.69) is 16.6 Å². The summed E-state index contributed by atoms with van der Waals surface area (Å²) in [6.45, 7) is 4.73. The fourth-order valence-electron chi connectivity index (χ4n) is 2.85. The van der Waals surface area contributed by atoms with Crippen LogP contribution in [0.25, 0.3) is 0 Å². The first-order valence-electron chi connectivity index (χ1n) is 7.65. The summed E-state index contributed by atoms with van der Waals surface area (Å²) < 4.78 is 4.68. The van der Waals surface area contributed by atoms with E-state index in [0.717, 1.165) is 24.3 Å². The van der Waals surface area contributed by atoms with E-state index < -0.39 is 5.92 Å². The Kier molecular flexibility index (Phi) is 5.06.